The van der Waals surface area contributed by atoms with Crippen molar-refractivity contribution in [3.05, 3.63) is 46.6 Å². The number of pyridine rings is 1. The van der Waals surface area contributed by atoms with E-state index in [1.807, 2.05) is 25.1 Å². The minimum Gasteiger partial charge on any atom is -0.354 e. The number of aromatic nitrogens is 1. The van der Waals surface area contributed by atoms with Gasteiger partial charge in [0.05, 0.1) is 5.69 Å². The van der Waals surface area contributed by atoms with Gasteiger partial charge >= 0.3 is 0 Å². The van der Waals surface area contributed by atoms with Crippen molar-refractivity contribution in [2.45, 2.75) is 11.1 Å². The molecule has 3 aromatic rings. The summed E-state index contributed by atoms with van der Waals surface area (Å²) in [6.45, 7) is 5.40. The average Bonchev–Trinajstić information content (AvgIpc) is 3.10. The fraction of sp³-hybridized carbons (Fsp3) is 0.278. The maximum Gasteiger partial charge on any atom is 0.271 e. The summed E-state index contributed by atoms with van der Waals surface area (Å²) in [6.07, 6.45) is 1.75. The van der Waals surface area contributed by atoms with Gasteiger partial charge in [0.2, 0.25) is 0 Å². The van der Waals surface area contributed by atoms with E-state index >= 15 is 0 Å². The SMILES string of the molecule is Cc1cc(Br)ccc1NS(=O)(=O)c1cc2c(N3CCNCC3)nccc2s1. The highest BCUT2D eigenvalue weighted by Gasteiger charge is 2.22. The lowest BCUT2D eigenvalue weighted by Gasteiger charge is -2.28. The molecule has 2 N–H and O–H groups in total. The Morgan fingerprint density at radius 2 is 2.00 bits per heavy atom. The first-order chi connectivity index (χ1) is 12.9. The van der Waals surface area contributed by atoms with Crippen LogP contribution in [0.1, 0.15) is 5.56 Å². The van der Waals surface area contributed by atoms with E-state index in [4.69, 9.17) is 0 Å². The van der Waals surface area contributed by atoms with Crippen molar-refractivity contribution in [1.29, 1.82) is 0 Å². The molecular formula is C18H19BrN4O2S2. The maximum atomic E-state index is 12.9. The van der Waals surface area contributed by atoms with Crippen molar-refractivity contribution in [3.63, 3.8) is 0 Å². The van der Waals surface area contributed by atoms with Crippen LogP contribution in [-0.2, 0) is 10.0 Å². The predicted molar refractivity (Wildman–Crippen MR) is 114 cm³/mol. The van der Waals surface area contributed by atoms with E-state index in [0.717, 1.165) is 52.1 Å². The van der Waals surface area contributed by atoms with Gasteiger partial charge in [-0.1, -0.05) is 15.9 Å². The van der Waals surface area contributed by atoms with Crippen LogP contribution in [0.4, 0.5) is 11.5 Å². The second-order valence-electron chi connectivity index (χ2n) is 6.41. The van der Waals surface area contributed by atoms with Crippen molar-refractivity contribution < 1.29 is 8.42 Å². The second-order valence-corrected chi connectivity index (χ2v) is 10.3. The Kier molecular flexibility index (Phi) is 5.11. The third-order valence-corrected chi connectivity index (χ3v) is 7.95. The Balaban J connectivity index is 1.70. The molecule has 0 bridgehead atoms. The molecule has 142 valence electrons. The Morgan fingerprint density at radius 1 is 1.22 bits per heavy atom. The Hall–Kier alpha value is -1.68. The molecule has 9 heteroatoms. The fourth-order valence-corrected chi connectivity index (χ4v) is 6.11. The summed E-state index contributed by atoms with van der Waals surface area (Å²) in [5, 5.41) is 4.21. The van der Waals surface area contributed by atoms with Gasteiger partial charge in [0.15, 0.2) is 0 Å². The summed E-state index contributed by atoms with van der Waals surface area (Å²) in [6, 6.07) is 9.08. The molecule has 1 aromatic carbocycles. The van der Waals surface area contributed by atoms with Gasteiger partial charge in [-0.25, -0.2) is 13.4 Å². The summed E-state index contributed by atoms with van der Waals surface area (Å²) in [7, 11) is -3.66. The number of rotatable bonds is 4. The van der Waals surface area contributed by atoms with Crippen LogP contribution >= 0.6 is 27.3 Å². The molecule has 1 aliphatic rings. The first-order valence-electron chi connectivity index (χ1n) is 8.57. The van der Waals surface area contributed by atoms with Crippen LogP contribution in [0.25, 0.3) is 10.1 Å². The van der Waals surface area contributed by atoms with Crippen molar-refractivity contribution in [1.82, 2.24) is 10.3 Å². The molecule has 1 fully saturated rings. The molecule has 0 amide bonds. The van der Waals surface area contributed by atoms with Gasteiger partial charge in [0.1, 0.15) is 10.0 Å². The number of anilines is 2. The Labute approximate surface area is 170 Å². The lowest BCUT2D eigenvalue weighted by Crippen LogP contribution is -2.43. The third kappa shape index (κ3) is 3.82. The maximum absolute atomic E-state index is 12.9. The van der Waals surface area contributed by atoms with Crippen LogP contribution in [0.15, 0.2) is 45.2 Å². The highest BCUT2D eigenvalue weighted by Crippen LogP contribution is 2.35. The Bertz CT molecular complexity index is 1090. The molecule has 0 unspecified atom stereocenters. The summed E-state index contributed by atoms with van der Waals surface area (Å²) in [5.74, 6) is 0.853. The van der Waals surface area contributed by atoms with Crippen LogP contribution in [0.5, 0.6) is 0 Å². The normalized spacial score (nSPS) is 15.3. The van der Waals surface area contributed by atoms with Crippen LogP contribution in [-0.4, -0.2) is 39.6 Å². The van der Waals surface area contributed by atoms with E-state index in [9.17, 15) is 8.42 Å². The smallest absolute Gasteiger partial charge is 0.271 e. The molecule has 6 nitrogen and oxygen atoms in total. The molecule has 1 aliphatic heterocycles. The molecule has 0 aliphatic carbocycles. The van der Waals surface area contributed by atoms with Gasteiger partial charge in [0, 0.05) is 46.9 Å². The first kappa shape index (κ1) is 18.7. The standard InChI is InChI=1S/C18H19BrN4O2S2/c1-12-10-13(19)2-3-15(12)22-27(24,25)17-11-14-16(26-17)4-5-21-18(14)23-8-6-20-7-9-23/h2-5,10-11,20,22H,6-9H2,1H3. The molecule has 3 heterocycles. The third-order valence-electron chi connectivity index (χ3n) is 4.52. The van der Waals surface area contributed by atoms with E-state index in [-0.39, 0.29) is 0 Å². The van der Waals surface area contributed by atoms with E-state index in [2.05, 4.69) is 35.9 Å². The average molecular weight is 467 g/mol. The number of hydrogen-bond acceptors (Lipinski definition) is 6. The topological polar surface area (TPSA) is 74.3 Å². The molecule has 0 saturated carbocycles. The predicted octanol–water partition coefficient (Wildman–Crippen LogP) is 3.58. The monoisotopic (exact) mass is 466 g/mol. The van der Waals surface area contributed by atoms with Crippen LogP contribution in [0.2, 0.25) is 0 Å². The van der Waals surface area contributed by atoms with Gasteiger partial charge in [-0.15, -0.1) is 11.3 Å². The van der Waals surface area contributed by atoms with Crippen molar-refractivity contribution in [2.75, 3.05) is 35.8 Å². The summed E-state index contributed by atoms with van der Waals surface area (Å²) >= 11 is 4.67. The zero-order valence-electron chi connectivity index (χ0n) is 14.7. The summed E-state index contributed by atoms with van der Waals surface area (Å²) in [4.78, 5) is 6.72. The van der Waals surface area contributed by atoms with E-state index < -0.39 is 10.0 Å². The van der Waals surface area contributed by atoms with Gasteiger partial charge in [0.25, 0.3) is 10.0 Å². The van der Waals surface area contributed by atoms with Crippen LogP contribution in [0, 0.1) is 6.92 Å². The first-order valence-corrected chi connectivity index (χ1v) is 11.7. The number of fused-ring (bicyclic) bond motifs is 1. The molecule has 1 saturated heterocycles. The van der Waals surface area contributed by atoms with Crippen LogP contribution < -0.4 is 14.9 Å². The minimum atomic E-state index is -3.66. The summed E-state index contributed by atoms with van der Waals surface area (Å²) in [5.41, 5.74) is 1.44. The number of nitrogens with zero attached hydrogens (tertiary/aromatic N) is 2. The molecule has 4 rings (SSSR count). The second kappa shape index (κ2) is 7.38. The molecule has 2 aromatic heterocycles. The molecule has 0 radical (unpaired) electrons. The largest absolute Gasteiger partial charge is 0.354 e. The number of sulfonamides is 1. The number of piperazine rings is 1. The number of hydrogen-bond donors (Lipinski definition) is 2. The lowest BCUT2D eigenvalue weighted by atomic mass is 10.2. The zero-order chi connectivity index (χ0) is 19.0. The highest BCUT2D eigenvalue weighted by atomic mass is 79.9. The van der Waals surface area contributed by atoms with E-state index in [1.54, 1.807) is 18.3 Å². The summed E-state index contributed by atoms with van der Waals surface area (Å²) < 4.78 is 30.7. The van der Waals surface area contributed by atoms with Crippen LogP contribution in [0.3, 0.4) is 0 Å². The zero-order valence-corrected chi connectivity index (χ0v) is 17.9. The molecule has 0 spiro atoms. The van der Waals surface area contributed by atoms with Gasteiger partial charge in [-0.3, -0.25) is 4.72 Å². The van der Waals surface area contributed by atoms with Gasteiger partial charge in [-0.2, -0.15) is 0 Å². The van der Waals surface area contributed by atoms with Crippen molar-refractivity contribution in [3.8, 4) is 0 Å². The highest BCUT2D eigenvalue weighted by molar-refractivity contribution is 9.10. The van der Waals surface area contributed by atoms with Crippen molar-refractivity contribution in [2.24, 2.45) is 0 Å². The Morgan fingerprint density at radius 3 is 2.74 bits per heavy atom. The number of halogens is 1. The van der Waals surface area contributed by atoms with Crippen molar-refractivity contribution >= 4 is 58.9 Å². The number of nitrogens with one attached hydrogen (secondary N) is 2. The van der Waals surface area contributed by atoms with E-state index in [1.165, 1.54) is 11.3 Å². The quantitative estimate of drug-likeness (QED) is 0.614. The molecule has 0 atom stereocenters. The minimum absolute atomic E-state index is 0.296. The molecular weight excluding hydrogens is 448 g/mol. The fourth-order valence-electron chi connectivity index (χ4n) is 3.12. The van der Waals surface area contributed by atoms with Gasteiger partial charge in [-0.05, 0) is 42.8 Å². The molecule has 27 heavy (non-hydrogen) atoms. The number of thiophene rings is 1. The number of aryl methyl sites for hydroxylation is 1. The van der Waals surface area contributed by atoms with Gasteiger partial charge < -0.3 is 10.2 Å². The number of benzene rings is 1. The van der Waals surface area contributed by atoms with E-state index in [0.29, 0.717) is 9.90 Å². The lowest BCUT2D eigenvalue weighted by molar-refractivity contribution is 0.586.